The molecule has 2 aliphatic heterocycles. The lowest BCUT2D eigenvalue weighted by molar-refractivity contribution is 0.121. The molecular formula is C10H16N2O4. The SMILES string of the molecule is O=C(NC1CCOC1)OC(=O)N1CCCC1. The van der Waals surface area contributed by atoms with E-state index in [-0.39, 0.29) is 6.04 Å². The van der Waals surface area contributed by atoms with Crippen molar-refractivity contribution in [2.75, 3.05) is 26.3 Å². The van der Waals surface area contributed by atoms with Gasteiger partial charge in [-0.2, -0.15) is 0 Å². The maximum Gasteiger partial charge on any atom is 0.418 e. The molecule has 0 aliphatic carbocycles. The zero-order valence-electron chi connectivity index (χ0n) is 9.11. The molecule has 2 amide bonds. The van der Waals surface area contributed by atoms with E-state index in [1.807, 2.05) is 0 Å². The Labute approximate surface area is 93.9 Å². The van der Waals surface area contributed by atoms with Gasteiger partial charge in [-0.3, -0.25) is 0 Å². The van der Waals surface area contributed by atoms with Crippen molar-refractivity contribution < 1.29 is 19.1 Å². The number of carbonyl (C=O) groups is 2. The molecule has 0 aromatic heterocycles. The molecule has 0 radical (unpaired) electrons. The van der Waals surface area contributed by atoms with E-state index in [0.29, 0.717) is 26.3 Å². The van der Waals surface area contributed by atoms with E-state index in [1.165, 1.54) is 0 Å². The van der Waals surface area contributed by atoms with Crippen molar-refractivity contribution in [1.82, 2.24) is 10.2 Å². The van der Waals surface area contributed by atoms with E-state index in [2.05, 4.69) is 10.1 Å². The first-order chi connectivity index (χ1) is 7.75. The smallest absolute Gasteiger partial charge is 0.379 e. The summed E-state index contributed by atoms with van der Waals surface area (Å²) in [7, 11) is 0. The average molecular weight is 228 g/mol. The third kappa shape index (κ3) is 2.85. The molecule has 0 aromatic rings. The molecule has 0 bridgehead atoms. The number of hydrogen-bond acceptors (Lipinski definition) is 4. The molecule has 0 aromatic carbocycles. The van der Waals surface area contributed by atoms with Crippen molar-refractivity contribution in [3.05, 3.63) is 0 Å². The zero-order chi connectivity index (χ0) is 11.4. The summed E-state index contributed by atoms with van der Waals surface area (Å²) in [5.41, 5.74) is 0. The van der Waals surface area contributed by atoms with Gasteiger partial charge in [0.05, 0.1) is 12.6 Å². The summed E-state index contributed by atoms with van der Waals surface area (Å²) in [5, 5.41) is 2.60. The van der Waals surface area contributed by atoms with Gasteiger partial charge in [-0.15, -0.1) is 0 Å². The van der Waals surface area contributed by atoms with E-state index in [1.54, 1.807) is 4.90 Å². The van der Waals surface area contributed by atoms with Crippen molar-refractivity contribution in [2.45, 2.75) is 25.3 Å². The molecule has 1 atom stereocenters. The molecule has 2 rings (SSSR count). The summed E-state index contributed by atoms with van der Waals surface area (Å²) in [5.74, 6) is 0. The molecule has 1 N–H and O–H groups in total. The van der Waals surface area contributed by atoms with Gasteiger partial charge in [0.1, 0.15) is 0 Å². The monoisotopic (exact) mass is 228 g/mol. The van der Waals surface area contributed by atoms with Crippen LogP contribution in [0.1, 0.15) is 19.3 Å². The molecule has 2 heterocycles. The van der Waals surface area contributed by atoms with Gasteiger partial charge < -0.3 is 19.7 Å². The van der Waals surface area contributed by atoms with Gasteiger partial charge in [0.25, 0.3) is 0 Å². The lowest BCUT2D eigenvalue weighted by atomic mass is 10.3. The van der Waals surface area contributed by atoms with Gasteiger partial charge in [0, 0.05) is 19.7 Å². The molecule has 1 unspecified atom stereocenters. The Morgan fingerprint density at radius 2 is 2.06 bits per heavy atom. The molecule has 90 valence electrons. The second-order valence-electron chi connectivity index (χ2n) is 4.05. The quantitative estimate of drug-likeness (QED) is 0.671. The molecule has 2 saturated heterocycles. The van der Waals surface area contributed by atoms with E-state index >= 15 is 0 Å². The Hall–Kier alpha value is -1.30. The number of amides is 2. The summed E-state index contributed by atoms with van der Waals surface area (Å²) >= 11 is 0. The summed E-state index contributed by atoms with van der Waals surface area (Å²) in [4.78, 5) is 24.3. The first kappa shape index (κ1) is 11.2. The standard InChI is InChI=1S/C10H16N2O4/c13-9(11-8-3-6-15-7-8)16-10(14)12-4-1-2-5-12/h8H,1-7H2,(H,11,13). The third-order valence-electron chi connectivity index (χ3n) is 2.80. The third-order valence-corrected chi connectivity index (χ3v) is 2.80. The summed E-state index contributed by atoms with van der Waals surface area (Å²) in [6.07, 6.45) is 1.51. The Kier molecular flexibility index (Phi) is 3.61. The average Bonchev–Trinajstić information content (AvgIpc) is 2.88. The predicted octanol–water partition coefficient (Wildman–Crippen LogP) is 0.717. The number of ether oxygens (including phenoxy) is 2. The van der Waals surface area contributed by atoms with Crippen LogP contribution in [0, 0.1) is 0 Å². The number of rotatable bonds is 1. The van der Waals surface area contributed by atoms with Gasteiger partial charge in [-0.1, -0.05) is 0 Å². The fraction of sp³-hybridized carbons (Fsp3) is 0.800. The van der Waals surface area contributed by atoms with Crippen LogP contribution in [0.15, 0.2) is 0 Å². The Morgan fingerprint density at radius 1 is 1.31 bits per heavy atom. The number of carbonyl (C=O) groups excluding carboxylic acids is 2. The molecule has 0 saturated carbocycles. The maximum atomic E-state index is 11.4. The van der Waals surface area contributed by atoms with Crippen molar-refractivity contribution in [3.63, 3.8) is 0 Å². The van der Waals surface area contributed by atoms with Gasteiger partial charge in [0.2, 0.25) is 0 Å². The highest BCUT2D eigenvalue weighted by Gasteiger charge is 2.24. The predicted molar refractivity (Wildman–Crippen MR) is 55.0 cm³/mol. The van der Waals surface area contributed by atoms with Crippen LogP contribution in [0.3, 0.4) is 0 Å². The summed E-state index contributed by atoms with van der Waals surface area (Å²) in [6, 6.07) is -0.0288. The van der Waals surface area contributed by atoms with Crippen LogP contribution < -0.4 is 5.32 Å². The maximum absolute atomic E-state index is 11.4. The minimum absolute atomic E-state index is 0.0288. The molecule has 6 heteroatoms. The Balaban J connectivity index is 1.71. The molecule has 16 heavy (non-hydrogen) atoms. The van der Waals surface area contributed by atoms with E-state index in [0.717, 1.165) is 19.3 Å². The van der Waals surface area contributed by atoms with Gasteiger partial charge in [-0.05, 0) is 19.3 Å². The van der Waals surface area contributed by atoms with Crippen LogP contribution in [0.2, 0.25) is 0 Å². The lowest BCUT2D eigenvalue weighted by Gasteiger charge is -2.15. The zero-order valence-corrected chi connectivity index (χ0v) is 9.11. The van der Waals surface area contributed by atoms with Crippen LogP contribution >= 0.6 is 0 Å². The highest BCUT2D eigenvalue weighted by atomic mass is 16.6. The number of nitrogens with zero attached hydrogens (tertiary/aromatic N) is 1. The normalized spacial score (nSPS) is 24.5. The minimum Gasteiger partial charge on any atom is -0.379 e. The first-order valence-electron chi connectivity index (χ1n) is 5.61. The fourth-order valence-corrected chi connectivity index (χ4v) is 1.89. The van der Waals surface area contributed by atoms with Gasteiger partial charge >= 0.3 is 12.2 Å². The van der Waals surface area contributed by atoms with Crippen LogP contribution in [0.5, 0.6) is 0 Å². The second-order valence-corrected chi connectivity index (χ2v) is 4.05. The highest BCUT2D eigenvalue weighted by molar-refractivity contribution is 5.83. The first-order valence-corrected chi connectivity index (χ1v) is 5.61. The van der Waals surface area contributed by atoms with Crippen LogP contribution in [-0.4, -0.2) is 49.4 Å². The van der Waals surface area contributed by atoms with Crippen LogP contribution in [0.4, 0.5) is 9.59 Å². The van der Waals surface area contributed by atoms with Crippen LogP contribution in [0.25, 0.3) is 0 Å². The molecule has 0 spiro atoms. The second kappa shape index (κ2) is 5.16. The Bertz CT molecular complexity index is 270. The van der Waals surface area contributed by atoms with E-state index in [4.69, 9.17) is 4.74 Å². The largest absolute Gasteiger partial charge is 0.418 e. The van der Waals surface area contributed by atoms with E-state index in [9.17, 15) is 9.59 Å². The summed E-state index contributed by atoms with van der Waals surface area (Å²) < 4.78 is 9.77. The van der Waals surface area contributed by atoms with Crippen molar-refractivity contribution in [2.24, 2.45) is 0 Å². The molecule has 2 fully saturated rings. The highest BCUT2D eigenvalue weighted by Crippen LogP contribution is 2.09. The summed E-state index contributed by atoms with van der Waals surface area (Å²) in [6.45, 7) is 2.50. The van der Waals surface area contributed by atoms with Crippen molar-refractivity contribution in [1.29, 1.82) is 0 Å². The molecule has 6 nitrogen and oxygen atoms in total. The number of nitrogens with one attached hydrogen (secondary N) is 1. The minimum atomic E-state index is -0.674. The van der Waals surface area contributed by atoms with Gasteiger partial charge in [-0.25, -0.2) is 9.59 Å². The van der Waals surface area contributed by atoms with Crippen molar-refractivity contribution in [3.8, 4) is 0 Å². The van der Waals surface area contributed by atoms with Gasteiger partial charge in [0.15, 0.2) is 0 Å². The lowest BCUT2D eigenvalue weighted by Crippen LogP contribution is -2.39. The fourth-order valence-electron chi connectivity index (χ4n) is 1.89. The number of alkyl carbamates (subject to hydrolysis) is 1. The Morgan fingerprint density at radius 3 is 2.69 bits per heavy atom. The topological polar surface area (TPSA) is 67.9 Å². The van der Waals surface area contributed by atoms with Crippen LogP contribution in [-0.2, 0) is 9.47 Å². The number of likely N-dealkylation sites (tertiary alicyclic amines) is 1. The van der Waals surface area contributed by atoms with Crippen molar-refractivity contribution >= 4 is 12.2 Å². The molecule has 2 aliphatic rings. The van der Waals surface area contributed by atoms with E-state index < -0.39 is 12.2 Å². The molecular weight excluding hydrogens is 212 g/mol. The number of hydrogen-bond donors (Lipinski definition) is 1.